The Hall–Kier alpha value is -3.41. The van der Waals surface area contributed by atoms with Gasteiger partial charge in [0.05, 0.1) is 11.1 Å². The topological polar surface area (TPSA) is 80.6 Å². The molecule has 3 aromatic rings. The lowest BCUT2D eigenvalue weighted by Crippen LogP contribution is -2.50. The van der Waals surface area contributed by atoms with Crippen LogP contribution in [0, 0.1) is 12.7 Å². The number of alkyl halides is 3. The molecule has 0 aliphatic carbocycles. The van der Waals surface area contributed by atoms with Crippen LogP contribution in [-0.2, 0) is 10.9 Å². The standard InChI is InChI=1S/C24H24ClF4N5O3/c1-13-6-5-7-15(26)18(13)34-16(24(27,28)29)12-14-17(20(34)35)30-21(25)31-19(14)32-8-10-33(11-9-32)22(36)37-23(2,3)4/h5-7,12H,8-11H2,1-4H3. The Morgan fingerprint density at radius 2 is 1.73 bits per heavy atom. The molecule has 4 rings (SSSR count). The van der Waals surface area contributed by atoms with Gasteiger partial charge in [0.2, 0.25) is 5.28 Å². The smallest absolute Gasteiger partial charge is 0.431 e. The minimum absolute atomic E-state index is 0.0128. The predicted octanol–water partition coefficient (Wildman–Crippen LogP) is 4.96. The largest absolute Gasteiger partial charge is 0.444 e. The number of hydrogen-bond donors (Lipinski definition) is 0. The van der Waals surface area contributed by atoms with Crippen molar-refractivity contribution in [1.82, 2.24) is 19.4 Å². The van der Waals surface area contributed by atoms with Crippen LogP contribution < -0.4 is 10.5 Å². The van der Waals surface area contributed by atoms with Crippen molar-refractivity contribution >= 4 is 34.4 Å². The van der Waals surface area contributed by atoms with Crippen molar-refractivity contribution in [2.75, 3.05) is 31.1 Å². The van der Waals surface area contributed by atoms with E-state index in [9.17, 15) is 27.2 Å². The number of aromatic nitrogens is 3. The third-order valence-electron chi connectivity index (χ3n) is 5.76. The second-order valence-corrected chi connectivity index (χ2v) is 9.94. The van der Waals surface area contributed by atoms with E-state index in [4.69, 9.17) is 16.3 Å². The van der Waals surface area contributed by atoms with Crippen molar-refractivity contribution in [3.63, 3.8) is 0 Å². The molecule has 0 atom stereocenters. The van der Waals surface area contributed by atoms with Gasteiger partial charge in [-0.25, -0.2) is 14.2 Å². The average molecular weight is 542 g/mol. The first-order valence-corrected chi connectivity index (χ1v) is 11.7. The van der Waals surface area contributed by atoms with Crippen LogP contribution in [0.3, 0.4) is 0 Å². The molecule has 1 fully saturated rings. The van der Waals surface area contributed by atoms with Crippen LogP contribution in [0.15, 0.2) is 29.1 Å². The molecule has 8 nitrogen and oxygen atoms in total. The zero-order valence-corrected chi connectivity index (χ0v) is 21.2. The SMILES string of the molecule is Cc1cccc(F)c1-n1c(C(F)(F)F)cc2c(N3CCN(C(=O)OC(C)(C)C)CC3)nc(Cl)nc2c1=O. The van der Waals surface area contributed by atoms with Crippen molar-refractivity contribution in [2.24, 2.45) is 0 Å². The lowest BCUT2D eigenvalue weighted by atomic mass is 10.1. The highest BCUT2D eigenvalue weighted by atomic mass is 35.5. The van der Waals surface area contributed by atoms with Crippen molar-refractivity contribution in [3.8, 4) is 5.69 Å². The molecule has 2 aromatic heterocycles. The zero-order chi connectivity index (χ0) is 27.3. The molecular formula is C24H24ClF4N5O3. The fourth-order valence-corrected chi connectivity index (χ4v) is 4.31. The first-order chi connectivity index (χ1) is 17.2. The highest BCUT2D eigenvalue weighted by Gasteiger charge is 2.38. The summed E-state index contributed by atoms with van der Waals surface area (Å²) < 4.78 is 63.0. The first-order valence-electron chi connectivity index (χ1n) is 11.4. The van der Waals surface area contributed by atoms with Crippen LogP contribution in [0.4, 0.5) is 28.2 Å². The molecule has 0 unspecified atom stereocenters. The number of anilines is 1. The van der Waals surface area contributed by atoms with Gasteiger partial charge in [0, 0.05) is 26.2 Å². The molecule has 1 aliphatic rings. The van der Waals surface area contributed by atoms with Gasteiger partial charge in [0.25, 0.3) is 5.56 Å². The summed E-state index contributed by atoms with van der Waals surface area (Å²) in [6, 6.07) is 4.44. The van der Waals surface area contributed by atoms with Gasteiger partial charge in [-0.2, -0.15) is 18.2 Å². The van der Waals surface area contributed by atoms with E-state index < -0.39 is 40.6 Å². The molecule has 0 N–H and O–H groups in total. The number of aryl methyl sites for hydroxylation is 1. The van der Waals surface area contributed by atoms with Gasteiger partial charge in [0.1, 0.15) is 28.4 Å². The molecule has 0 spiro atoms. The number of piperazine rings is 1. The van der Waals surface area contributed by atoms with Gasteiger partial charge in [-0.3, -0.25) is 9.36 Å². The number of rotatable bonds is 2. The molecule has 3 heterocycles. The number of hydrogen-bond acceptors (Lipinski definition) is 6. The van der Waals surface area contributed by atoms with Gasteiger partial charge >= 0.3 is 12.3 Å². The second-order valence-electron chi connectivity index (χ2n) is 9.61. The summed E-state index contributed by atoms with van der Waals surface area (Å²) in [5.41, 5.74) is -4.03. The number of pyridine rings is 1. The zero-order valence-electron chi connectivity index (χ0n) is 20.5. The van der Waals surface area contributed by atoms with E-state index in [1.165, 1.54) is 24.0 Å². The Morgan fingerprint density at radius 1 is 1.08 bits per heavy atom. The summed E-state index contributed by atoms with van der Waals surface area (Å²) in [5.74, 6) is -0.982. The number of halogens is 5. The van der Waals surface area contributed by atoms with Crippen molar-refractivity contribution in [1.29, 1.82) is 0 Å². The average Bonchev–Trinajstić information content (AvgIpc) is 2.78. The summed E-state index contributed by atoms with van der Waals surface area (Å²) >= 11 is 6.08. The van der Waals surface area contributed by atoms with Crippen molar-refractivity contribution in [2.45, 2.75) is 39.5 Å². The van der Waals surface area contributed by atoms with E-state index in [-0.39, 0.29) is 58.3 Å². The molecular weight excluding hydrogens is 518 g/mol. The molecule has 198 valence electrons. The van der Waals surface area contributed by atoms with Gasteiger partial charge in [-0.05, 0) is 57.0 Å². The van der Waals surface area contributed by atoms with E-state index in [1.807, 2.05) is 0 Å². The Labute approximate surface area is 214 Å². The molecule has 13 heteroatoms. The third kappa shape index (κ3) is 5.34. The van der Waals surface area contributed by atoms with E-state index >= 15 is 0 Å². The van der Waals surface area contributed by atoms with Crippen molar-refractivity contribution < 1.29 is 27.1 Å². The number of para-hydroxylation sites is 1. The number of nitrogens with zero attached hydrogens (tertiary/aromatic N) is 5. The maximum absolute atomic E-state index is 14.7. The molecule has 1 saturated heterocycles. The molecule has 1 amide bonds. The molecule has 0 saturated carbocycles. The Bertz CT molecular complexity index is 1410. The summed E-state index contributed by atoms with van der Waals surface area (Å²) in [5, 5.41) is -0.538. The van der Waals surface area contributed by atoms with Crippen LogP contribution >= 0.6 is 11.6 Å². The number of ether oxygens (including phenoxy) is 1. The lowest BCUT2D eigenvalue weighted by Gasteiger charge is -2.36. The van der Waals surface area contributed by atoms with Crippen LogP contribution in [-0.4, -0.2) is 57.3 Å². The third-order valence-corrected chi connectivity index (χ3v) is 5.93. The monoisotopic (exact) mass is 541 g/mol. The van der Waals surface area contributed by atoms with Gasteiger partial charge in [-0.1, -0.05) is 12.1 Å². The molecule has 1 aliphatic heterocycles. The van der Waals surface area contributed by atoms with Crippen LogP contribution in [0.2, 0.25) is 5.28 Å². The number of amides is 1. The fourth-order valence-electron chi connectivity index (χ4n) is 4.15. The normalized spacial score (nSPS) is 14.8. The van der Waals surface area contributed by atoms with E-state index in [0.29, 0.717) is 0 Å². The maximum Gasteiger partial charge on any atom is 0.431 e. The predicted molar refractivity (Wildman–Crippen MR) is 130 cm³/mol. The number of carbonyl (C=O) groups is 1. The summed E-state index contributed by atoms with van der Waals surface area (Å²) in [6.07, 6.45) is -5.52. The minimum atomic E-state index is -5.01. The maximum atomic E-state index is 14.7. The number of benzene rings is 1. The van der Waals surface area contributed by atoms with E-state index in [1.54, 1.807) is 25.7 Å². The molecule has 0 bridgehead atoms. The highest BCUT2D eigenvalue weighted by molar-refractivity contribution is 6.28. The minimum Gasteiger partial charge on any atom is -0.444 e. The van der Waals surface area contributed by atoms with Crippen molar-refractivity contribution in [3.05, 3.63) is 57.0 Å². The van der Waals surface area contributed by atoms with Gasteiger partial charge in [0.15, 0.2) is 0 Å². The van der Waals surface area contributed by atoms with E-state index in [2.05, 4.69) is 9.97 Å². The highest BCUT2D eigenvalue weighted by Crippen LogP contribution is 2.35. The van der Waals surface area contributed by atoms with E-state index in [0.717, 1.165) is 12.1 Å². The molecule has 0 radical (unpaired) electrons. The Balaban J connectivity index is 1.83. The molecule has 37 heavy (non-hydrogen) atoms. The Morgan fingerprint density at radius 3 is 2.30 bits per heavy atom. The quantitative estimate of drug-likeness (QED) is 0.337. The fraction of sp³-hybridized carbons (Fsp3) is 0.417. The summed E-state index contributed by atoms with van der Waals surface area (Å²) in [7, 11) is 0. The first kappa shape index (κ1) is 26.6. The van der Waals surface area contributed by atoms with Gasteiger partial charge in [-0.15, -0.1) is 0 Å². The number of carbonyl (C=O) groups excluding carboxylic acids is 1. The Kier molecular flexibility index (Phi) is 6.82. The van der Waals surface area contributed by atoms with Crippen LogP contribution in [0.1, 0.15) is 32.0 Å². The summed E-state index contributed by atoms with van der Waals surface area (Å²) in [4.78, 5) is 36.9. The summed E-state index contributed by atoms with van der Waals surface area (Å²) in [6.45, 7) is 7.41. The van der Waals surface area contributed by atoms with Crippen LogP contribution in [0.5, 0.6) is 0 Å². The lowest BCUT2D eigenvalue weighted by molar-refractivity contribution is -0.142. The molecule has 1 aromatic carbocycles. The van der Waals surface area contributed by atoms with Crippen LogP contribution in [0.25, 0.3) is 16.6 Å². The number of fused-ring (bicyclic) bond motifs is 1. The second kappa shape index (κ2) is 9.47. The van der Waals surface area contributed by atoms with Gasteiger partial charge < -0.3 is 14.5 Å².